The van der Waals surface area contributed by atoms with Crippen LogP contribution in [0.3, 0.4) is 0 Å². The standard InChI is InChI=1S/C26H49N3O/c1-5-7-8-9-10-11-12-13-14-15-16-17-18-19-20-21-26-27-22-23-29(26,6-2)24(3)28-25(4)30/h18-19,24H,5-17,20-23H2,1-4H3/p+1/b19-18+. The van der Waals surface area contributed by atoms with Crippen molar-refractivity contribution < 1.29 is 9.28 Å². The smallest absolute Gasteiger partial charge is 0.221 e. The summed E-state index contributed by atoms with van der Waals surface area (Å²) >= 11 is 0. The average Bonchev–Trinajstić information content (AvgIpc) is 3.14. The summed E-state index contributed by atoms with van der Waals surface area (Å²) < 4.78 is 0.825. The molecule has 0 bridgehead atoms. The summed E-state index contributed by atoms with van der Waals surface area (Å²) in [4.78, 5) is 16.3. The van der Waals surface area contributed by atoms with Crippen molar-refractivity contribution in [3.63, 3.8) is 0 Å². The lowest BCUT2D eigenvalue weighted by atomic mass is 10.1. The van der Waals surface area contributed by atoms with Gasteiger partial charge in [-0.1, -0.05) is 83.3 Å². The van der Waals surface area contributed by atoms with Gasteiger partial charge in [-0.3, -0.25) is 9.28 Å². The van der Waals surface area contributed by atoms with E-state index < -0.39 is 0 Å². The third-order valence-corrected chi connectivity index (χ3v) is 6.70. The molecular formula is C26H50N3O+. The average molecular weight is 421 g/mol. The second-order valence-corrected chi connectivity index (χ2v) is 9.08. The summed E-state index contributed by atoms with van der Waals surface area (Å²) in [7, 11) is 0. The summed E-state index contributed by atoms with van der Waals surface area (Å²) in [5.74, 6) is 1.31. The Kier molecular flexibility index (Phi) is 14.8. The number of quaternary nitrogens is 1. The van der Waals surface area contributed by atoms with E-state index >= 15 is 0 Å². The minimum Gasteiger partial charge on any atom is -0.307 e. The number of likely N-dealkylation sites (N-methyl/N-ethyl adjacent to an activating group) is 1. The summed E-state index contributed by atoms with van der Waals surface area (Å²) in [6.07, 6.45) is 23.5. The first-order chi connectivity index (χ1) is 14.6. The Hall–Kier alpha value is -1.16. The molecule has 0 spiro atoms. The fraction of sp³-hybridized carbons (Fsp3) is 0.846. The van der Waals surface area contributed by atoms with Gasteiger partial charge in [0.1, 0.15) is 6.54 Å². The van der Waals surface area contributed by atoms with Gasteiger partial charge in [0.25, 0.3) is 0 Å². The van der Waals surface area contributed by atoms with E-state index in [2.05, 4.69) is 38.2 Å². The van der Waals surface area contributed by atoms with Crippen LogP contribution in [0.1, 0.15) is 118 Å². The Morgan fingerprint density at radius 1 is 0.967 bits per heavy atom. The zero-order valence-electron chi connectivity index (χ0n) is 20.6. The van der Waals surface area contributed by atoms with E-state index in [4.69, 9.17) is 4.99 Å². The highest BCUT2D eigenvalue weighted by atomic mass is 16.1. The topological polar surface area (TPSA) is 41.5 Å². The maximum atomic E-state index is 11.5. The van der Waals surface area contributed by atoms with Gasteiger partial charge in [-0.2, -0.15) is 0 Å². The van der Waals surface area contributed by atoms with Gasteiger partial charge in [0.15, 0.2) is 12.0 Å². The number of allylic oxidation sites excluding steroid dienone is 2. The molecule has 0 aromatic heterocycles. The Morgan fingerprint density at radius 2 is 1.53 bits per heavy atom. The second-order valence-electron chi connectivity index (χ2n) is 9.08. The van der Waals surface area contributed by atoms with Crippen LogP contribution in [0.25, 0.3) is 0 Å². The Balaban J connectivity index is 2.10. The van der Waals surface area contributed by atoms with E-state index in [9.17, 15) is 4.79 Å². The quantitative estimate of drug-likeness (QED) is 0.149. The molecule has 1 aliphatic rings. The predicted octanol–water partition coefficient (Wildman–Crippen LogP) is 6.75. The second kappa shape index (κ2) is 16.5. The van der Waals surface area contributed by atoms with Gasteiger partial charge in [-0.05, 0) is 26.2 Å². The van der Waals surface area contributed by atoms with E-state index in [1.54, 1.807) is 6.92 Å². The number of rotatable bonds is 18. The van der Waals surface area contributed by atoms with Gasteiger partial charge >= 0.3 is 0 Å². The molecule has 4 nitrogen and oxygen atoms in total. The molecule has 0 saturated carbocycles. The first-order valence-corrected chi connectivity index (χ1v) is 12.9. The van der Waals surface area contributed by atoms with Gasteiger partial charge in [-0.15, -0.1) is 0 Å². The number of hydrogen-bond acceptors (Lipinski definition) is 2. The molecule has 174 valence electrons. The molecule has 1 aliphatic heterocycles. The number of amides is 1. The van der Waals surface area contributed by atoms with Crippen molar-refractivity contribution in [2.75, 3.05) is 19.6 Å². The minimum atomic E-state index is 0.0477. The van der Waals surface area contributed by atoms with E-state index in [0.717, 1.165) is 37.0 Å². The summed E-state index contributed by atoms with van der Waals surface area (Å²) in [5, 5.41) is 3.09. The maximum Gasteiger partial charge on any atom is 0.221 e. The molecule has 0 aromatic carbocycles. The maximum absolute atomic E-state index is 11.5. The third kappa shape index (κ3) is 10.2. The van der Waals surface area contributed by atoms with Crippen LogP contribution >= 0.6 is 0 Å². The van der Waals surface area contributed by atoms with Crippen molar-refractivity contribution in [2.24, 2.45) is 4.99 Å². The van der Waals surface area contributed by atoms with E-state index in [1.807, 2.05) is 0 Å². The molecule has 1 amide bonds. The largest absolute Gasteiger partial charge is 0.307 e. The van der Waals surface area contributed by atoms with Crippen molar-refractivity contribution in [2.45, 2.75) is 124 Å². The monoisotopic (exact) mass is 420 g/mol. The van der Waals surface area contributed by atoms with Gasteiger partial charge in [0.2, 0.25) is 5.91 Å². The first kappa shape index (κ1) is 26.9. The van der Waals surface area contributed by atoms with Crippen molar-refractivity contribution >= 4 is 11.7 Å². The zero-order chi connectivity index (χ0) is 22.1. The fourth-order valence-electron chi connectivity index (χ4n) is 4.75. The molecule has 0 aromatic rings. The van der Waals surface area contributed by atoms with Crippen molar-refractivity contribution in [3.8, 4) is 0 Å². The molecular weight excluding hydrogens is 370 g/mol. The fourth-order valence-corrected chi connectivity index (χ4v) is 4.75. The number of hydrogen-bond donors (Lipinski definition) is 1. The lowest BCUT2D eigenvalue weighted by molar-refractivity contribution is -0.861. The number of carbonyl (C=O) groups excluding carboxylic acids is 1. The number of nitrogens with zero attached hydrogens (tertiary/aromatic N) is 2. The summed E-state index contributed by atoms with van der Waals surface area (Å²) in [6, 6.07) is 0. The molecule has 1 heterocycles. The minimum absolute atomic E-state index is 0.0477. The van der Waals surface area contributed by atoms with Crippen LogP contribution in [0.2, 0.25) is 0 Å². The first-order valence-electron chi connectivity index (χ1n) is 12.9. The number of carbonyl (C=O) groups is 1. The van der Waals surface area contributed by atoms with Crippen LogP contribution in [-0.2, 0) is 4.79 Å². The summed E-state index contributed by atoms with van der Waals surface area (Å²) in [6.45, 7) is 11.1. The van der Waals surface area contributed by atoms with E-state index in [1.165, 1.54) is 82.9 Å². The number of unbranched alkanes of at least 4 members (excludes halogenated alkanes) is 11. The molecule has 0 radical (unpaired) electrons. The Morgan fingerprint density at radius 3 is 2.10 bits per heavy atom. The van der Waals surface area contributed by atoms with Crippen molar-refractivity contribution in [3.05, 3.63) is 12.2 Å². The van der Waals surface area contributed by atoms with E-state index in [-0.39, 0.29) is 12.1 Å². The molecule has 0 fully saturated rings. The van der Waals surface area contributed by atoms with Gasteiger partial charge in [0, 0.05) is 20.3 Å². The molecule has 2 unspecified atom stereocenters. The van der Waals surface area contributed by atoms with Gasteiger partial charge in [0.05, 0.1) is 13.1 Å². The Bertz CT molecular complexity index is 514. The molecule has 30 heavy (non-hydrogen) atoms. The van der Waals surface area contributed by atoms with Crippen molar-refractivity contribution in [1.82, 2.24) is 5.32 Å². The highest BCUT2D eigenvalue weighted by molar-refractivity contribution is 5.78. The van der Waals surface area contributed by atoms with Crippen LogP contribution in [-0.4, -0.2) is 42.0 Å². The molecule has 0 aliphatic carbocycles. The molecule has 4 heteroatoms. The molecule has 1 N–H and O–H groups in total. The van der Waals surface area contributed by atoms with Crippen molar-refractivity contribution in [1.29, 1.82) is 0 Å². The zero-order valence-corrected chi connectivity index (χ0v) is 20.6. The predicted molar refractivity (Wildman–Crippen MR) is 131 cm³/mol. The Labute approximate surface area is 187 Å². The van der Waals surface area contributed by atoms with Crippen LogP contribution in [0, 0.1) is 0 Å². The van der Waals surface area contributed by atoms with Crippen LogP contribution in [0.15, 0.2) is 17.1 Å². The van der Waals surface area contributed by atoms with Crippen LogP contribution in [0.4, 0.5) is 0 Å². The van der Waals surface area contributed by atoms with E-state index in [0.29, 0.717) is 0 Å². The van der Waals surface area contributed by atoms with Gasteiger partial charge in [-0.25, -0.2) is 4.99 Å². The third-order valence-electron chi connectivity index (χ3n) is 6.70. The highest BCUT2D eigenvalue weighted by Crippen LogP contribution is 2.22. The van der Waals surface area contributed by atoms with Gasteiger partial charge < -0.3 is 5.32 Å². The van der Waals surface area contributed by atoms with Crippen LogP contribution < -0.4 is 5.32 Å². The number of aliphatic imine (C=N–C) groups is 1. The molecule has 1 rings (SSSR count). The normalized spacial score (nSPS) is 19.9. The number of nitrogens with one attached hydrogen (secondary N) is 1. The SMILES string of the molecule is CCCCCCCCCCCCC/C=C/CCC1=NCC[N+]1(CC)C(C)NC(C)=O. The molecule has 2 atom stereocenters. The molecule has 0 saturated heterocycles. The number of amidine groups is 1. The summed E-state index contributed by atoms with van der Waals surface area (Å²) in [5.41, 5.74) is 0. The highest BCUT2D eigenvalue weighted by Gasteiger charge is 2.41. The lowest BCUT2D eigenvalue weighted by Crippen LogP contribution is -2.62. The lowest BCUT2D eigenvalue weighted by Gasteiger charge is -2.39. The van der Waals surface area contributed by atoms with Crippen LogP contribution in [0.5, 0.6) is 0 Å².